The molecule has 0 spiro atoms. The van der Waals surface area contributed by atoms with Crippen molar-refractivity contribution in [1.82, 2.24) is 41.8 Å². The quantitative estimate of drug-likeness (QED) is 0.0257. The number of carbonyl (C=O) groups excluding carboxylic acids is 7. The number of likely N-dealkylation sites (N-methyl/N-ethyl adjacent to an activating group) is 1. The number of primary amides is 1. The predicted molar refractivity (Wildman–Crippen MR) is 237 cm³/mol. The Morgan fingerprint density at radius 1 is 0.841 bits per heavy atom. The highest BCUT2D eigenvalue weighted by molar-refractivity contribution is 6.10. The van der Waals surface area contributed by atoms with Gasteiger partial charge in [0.15, 0.2) is 5.96 Å². The van der Waals surface area contributed by atoms with E-state index in [0.29, 0.717) is 64.3 Å². The second-order valence-corrected chi connectivity index (χ2v) is 16.4. The van der Waals surface area contributed by atoms with Crippen molar-refractivity contribution < 1.29 is 33.6 Å². The monoisotopic (exact) mass is 870 g/mol. The van der Waals surface area contributed by atoms with Crippen LogP contribution in [0.5, 0.6) is 0 Å². The summed E-state index contributed by atoms with van der Waals surface area (Å²) in [7, 11) is 1.63. The van der Waals surface area contributed by atoms with E-state index >= 15 is 0 Å². The number of aliphatic imine (C=N–C) groups is 1. The lowest BCUT2D eigenvalue weighted by molar-refractivity contribution is -0.143. The zero-order valence-corrected chi connectivity index (χ0v) is 36.0. The Labute approximate surface area is 366 Å². The van der Waals surface area contributed by atoms with Crippen molar-refractivity contribution in [2.75, 3.05) is 20.1 Å². The molecule has 8 amide bonds. The molecule has 0 radical (unpaired) electrons. The summed E-state index contributed by atoms with van der Waals surface area (Å²) in [6, 6.07) is 12.4. The normalized spacial score (nSPS) is 17.6. The first-order chi connectivity index (χ1) is 30.2. The number of aromatic nitrogens is 1. The Morgan fingerprint density at radius 2 is 1.51 bits per heavy atom. The number of hydrogen-bond donors (Lipinski definition) is 10. The first kappa shape index (κ1) is 47.5. The van der Waals surface area contributed by atoms with E-state index in [9.17, 15) is 33.6 Å². The molecule has 3 aromatic rings. The highest BCUT2D eigenvalue weighted by Crippen LogP contribution is 2.38. The maximum absolute atomic E-state index is 13.8. The molecule has 1 aliphatic carbocycles. The second-order valence-electron chi connectivity index (χ2n) is 16.4. The number of carbonyl (C=O) groups is 7. The number of fused-ring (bicyclic) bond motifs is 1. The Bertz CT molecular complexity index is 2120. The summed E-state index contributed by atoms with van der Waals surface area (Å²) in [5.41, 5.74) is 17.9. The van der Waals surface area contributed by atoms with Crippen LogP contribution in [0.1, 0.15) is 82.3 Å². The Hall–Kier alpha value is -6.50. The molecule has 13 N–H and O–H groups in total. The van der Waals surface area contributed by atoms with Crippen LogP contribution in [0.25, 0.3) is 10.9 Å². The van der Waals surface area contributed by atoms with Gasteiger partial charge < -0.3 is 54.1 Å². The molecule has 19 nitrogen and oxygen atoms in total. The van der Waals surface area contributed by atoms with Gasteiger partial charge in [0.05, 0.1) is 12.5 Å². The Morgan fingerprint density at radius 3 is 2.21 bits per heavy atom. The molecule has 340 valence electrons. The average molecular weight is 871 g/mol. The SMILES string of the molecule is CN[C@@H](CCCN=C(N)N)C(=O)N[C@@H](Cc1c[nH]c2ccccc12)C(=O)N[C@@H](CCCCNC(=O)C[C@@H]1NC(=O)N(C2(C(=O)N[C@@H](C)Cc3ccccc3)CCCC2)C1=O)C(N)=O. The number of benzene rings is 2. The molecule has 2 aromatic carbocycles. The van der Waals surface area contributed by atoms with Crippen LogP contribution in [0, 0.1) is 0 Å². The molecule has 63 heavy (non-hydrogen) atoms. The van der Waals surface area contributed by atoms with Gasteiger partial charge >= 0.3 is 6.03 Å². The lowest BCUT2D eigenvalue weighted by Gasteiger charge is -2.36. The molecule has 2 heterocycles. The first-order valence-corrected chi connectivity index (χ1v) is 21.7. The minimum Gasteiger partial charge on any atom is -0.370 e. The van der Waals surface area contributed by atoms with E-state index in [-0.39, 0.29) is 43.7 Å². The Kier molecular flexibility index (Phi) is 17.0. The highest BCUT2D eigenvalue weighted by atomic mass is 16.2. The summed E-state index contributed by atoms with van der Waals surface area (Å²) in [5, 5.41) is 17.8. The van der Waals surface area contributed by atoms with Gasteiger partial charge in [0.2, 0.25) is 29.5 Å². The van der Waals surface area contributed by atoms with Crippen molar-refractivity contribution in [2.24, 2.45) is 22.2 Å². The number of para-hydroxylation sites is 1. The van der Waals surface area contributed by atoms with Gasteiger partial charge in [-0.3, -0.25) is 33.8 Å². The molecule has 1 aliphatic heterocycles. The van der Waals surface area contributed by atoms with Crippen LogP contribution in [0.15, 0.2) is 65.8 Å². The van der Waals surface area contributed by atoms with Crippen LogP contribution >= 0.6 is 0 Å². The maximum atomic E-state index is 13.8. The van der Waals surface area contributed by atoms with Crippen LogP contribution in [0.4, 0.5) is 4.79 Å². The molecule has 1 aromatic heterocycles. The molecule has 1 saturated carbocycles. The number of nitrogens with zero attached hydrogens (tertiary/aromatic N) is 2. The number of imide groups is 1. The van der Waals surface area contributed by atoms with Crippen molar-refractivity contribution in [2.45, 2.75) is 120 Å². The number of guanidine groups is 1. The van der Waals surface area contributed by atoms with Gasteiger partial charge in [-0.05, 0) is 82.5 Å². The average Bonchev–Trinajstić information content (AvgIpc) is 3.97. The fraction of sp³-hybridized carbons (Fsp3) is 0.500. The van der Waals surface area contributed by atoms with Crippen molar-refractivity contribution in [3.8, 4) is 0 Å². The zero-order chi connectivity index (χ0) is 45.5. The number of amides is 8. The van der Waals surface area contributed by atoms with Crippen LogP contribution in [0.2, 0.25) is 0 Å². The van der Waals surface area contributed by atoms with E-state index in [2.05, 4.69) is 41.9 Å². The lowest BCUT2D eigenvalue weighted by atomic mass is 9.92. The first-order valence-electron chi connectivity index (χ1n) is 21.7. The number of aromatic amines is 1. The van der Waals surface area contributed by atoms with Crippen molar-refractivity contribution in [3.05, 3.63) is 71.9 Å². The van der Waals surface area contributed by atoms with E-state index < -0.39 is 65.3 Å². The molecule has 5 rings (SSSR count). The third kappa shape index (κ3) is 12.8. The summed E-state index contributed by atoms with van der Waals surface area (Å²) >= 11 is 0. The van der Waals surface area contributed by atoms with Gasteiger partial charge in [0, 0.05) is 42.7 Å². The third-order valence-corrected chi connectivity index (χ3v) is 11.7. The number of rotatable bonds is 24. The number of urea groups is 1. The van der Waals surface area contributed by atoms with E-state index in [0.717, 1.165) is 26.9 Å². The van der Waals surface area contributed by atoms with Gasteiger partial charge in [0.25, 0.3) is 5.91 Å². The molecule has 2 aliphatic rings. The van der Waals surface area contributed by atoms with Crippen LogP contribution in [0.3, 0.4) is 0 Å². The molecule has 19 heteroatoms. The van der Waals surface area contributed by atoms with Crippen LogP contribution < -0.4 is 49.1 Å². The minimum atomic E-state index is -1.34. The van der Waals surface area contributed by atoms with Crippen molar-refractivity contribution in [3.63, 3.8) is 0 Å². The van der Waals surface area contributed by atoms with Crippen LogP contribution in [-0.2, 0) is 41.6 Å². The predicted octanol–water partition coefficient (Wildman–Crippen LogP) is 0.464. The van der Waals surface area contributed by atoms with E-state index in [1.165, 1.54) is 0 Å². The highest BCUT2D eigenvalue weighted by Gasteiger charge is 2.56. The summed E-state index contributed by atoms with van der Waals surface area (Å²) in [6.45, 7) is 2.38. The van der Waals surface area contributed by atoms with Gasteiger partial charge in [-0.2, -0.15) is 0 Å². The molecule has 0 unspecified atom stereocenters. The molecule has 1 saturated heterocycles. The van der Waals surface area contributed by atoms with Crippen LogP contribution in [-0.4, -0.2) is 113 Å². The third-order valence-electron chi connectivity index (χ3n) is 11.7. The molecule has 0 bridgehead atoms. The fourth-order valence-corrected chi connectivity index (χ4v) is 8.39. The number of nitrogens with two attached hydrogens (primary N) is 3. The van der Waals surface area contributed by atoms with Crippen molar-refractivity contribution in [1.29, 1.82) is 0 Å². The van der Waals surface area contributed by atoms with Gasteiger partial charge in [-0.1, -0.05) is 61.4 Å². The Balaban J connectivity index is 1.12. The number of nitrogens with one attached hydrogen (secondary N) is 7. The standard InChI is InChI=1S/C44H62N12O7/c1-27(23-28-13-4-3-5-14-28)52-41(62)44(19-9-10-20-44)56-40(61)35(55-43(56)63)25-36(57)49-21-11-8-17-32(37(45)58)53-39(60)34(24-29-26-51-31-16-7-6-15-30(29)31)54-38(59)33(48-2)18-12-22-50-42(46)47/h3-7,13-16,26-27,32-35,48,51H,8-12,17-25H2,1-2H3,(H2,45,58)(H,49,57)(H,52,62)(H,53,60)(H,54,59)(H,55,63)(H4,46,47,50)/t27-,32-,33-,34-,35-/m0/s1. The topological polar surface area (TPSA) is 301 Å². The smallest absolute Gasteiger partial charge is 0.325 e. The largest absolute Gasteiger partial charge is 0.370 e. The number of H-pyrrole nitrogens is 1. The summed E-state index contributed by atoms with van der Waals surface area (Å²) < 4.78 is 0. The van der Waals surface area contributed by atoms with Crippen molar-refractivity contribution >= 4 is 58.3 Å². The van der Waals surface area contributed by atoms with E-state index in [1.807, 2.05) is 61.5 Å². The molecule has 2 fully saturated rings. The van der Waals surface area contributed by atoms with Gasteiger partial charge in [0.1, 0.15) is 23.7 Å². The van der Waals surface area contributed by atoms with E-state index in [1.54, 1.807) is 13.2 Å². The lowest BCUT2D eigenvalue weighted by Crippen LogP contribution is -2.61. The minimum absolute atomic E-state index is 0.0495. The summed E-state index contributed by atoms with van der Waals surface area (Å²) in [6.07, 6.45) is 5.97. The molecular formula is C44H62N12O7. The second kappa shape index (κ2) is 22.6. The number of hydrogen-bond acceptors (Lipinski definition) is 9. The zero-order valence-electron chi connectivity index (χ0n) is 36.0. The maximum Gasteiger partial charge on any atom is 0.325 e. The van der Waals surface area contributed by atoms with Gasteiger partial charge in [-0.25, -0.2) is 9.69 Å². The summed E-state index contributed by atoms with van der Waals surface area (Å²) in [5.74, 6) is -3.32. The number of unbranched alkanes of at least 4 members (excludes halogenated alkanes) is 1. The summed E-state index contributed by atoms with van der Waals surface area (Å²) in [4.78, 5) is 102. The fourth-order valence-electron chi connectivity index (χ4n) is 8.39. The van der Waals surface area contributed by atoms with Gasteiger partial charge in [-0.15, -0.1) is 0 Å². The van der Waals surface area contributed by atoms with E-state index in [4.69, 9.17) is 17.2 Å². The molecular weight excluding hydrogens is 809 g/mol. The molecule has 5 atom stereocenters.